The van der Waals surface area contributed by atoms with E-state index in [0.717, 1.165) is 5.56 Å². The molecular formula is C8H12BNO2. The third-order valence-corrected chi connectivity index (χ3v) is 1.38. The molecule has 1 rings (SSSR count). The summed E-state index contributed by atoms with van der Waals surface area (Å²) in [6, 6.07) is 3.64. The Kier molecular flexibility index (Phi) is 4.76. The van der Waals surface area contributed by atoms with Crippen LogP contribution in [0.1, 0.15) is 12.0 Å². The van der Waals surface area contributed by atoms with Gasteiger partial charge in [-0.05, 0) is 24.1 Å². The van der Waals surface area contributed by atoms with Crippen LogP contribution in [0.15, 0.2) is 24.5 Å². The van der Waals surface area contributed by atoms with Crippen molar-refractivity contribution in [3.05, 3.63) is 30.1 Å². The van der Waals surface area contributed by atoms with E-state index in [9.17, 15) is 4.79 Å². The lowest BCUT2D eigenvalue weighted by Gasteiger charge is -1.95. The Labute approximate surface area is 73.0 Å². The Balaban J connectivity index is 0.00000121. The zero-order valence-electron chi connectivity index (χ0n) is 6.03. The van der Waals surface area contributed by atoms with Crippen LogP contribution in [0.25, 0.3) is 0 Å². The van der Waals surface area contributed by atoms with Crippen LogP contribution in [0.4, 0.5) is 0 Å². The number of aliphatic carboxylic acids is 1. The molecule has 0 amide bonds. The molecule has 0 saturated heterocycles. The van der Waals surface area contributed by atoms with Gasteiger partial charge in [-0.2, -0.15) is 0 Å². The van der Waals surface area contributed by atoms with Gasteiger partial charge in [0.2, 0.25) is 0 Å². The number of hydrogen-bond donors (Lipinski definition) is 1. The van der Waals surface area contributed by atoms with Crippen LogP contribution in [0.2, 0.25) is 0 Å². The summed E-state index contributed by atoms with van der Waals surface area (Å²) in [5, 5.41) is 8.36. The summed E-state index contributed by atoms with van der Waals surface area (Å²) < 4.78 is 0. The van der Waals surface area contributed by atoms with Crippen molar-refractivity contribution >= 4 is 14.4 Å². The fraction of sp³-hybridized carbons (Fsp3) is 0.250. The van der Waals surface area contributed by atoms with Crippen molar-refractivity contribution in [2.24, 2.45) is 0 Å². The Morgan fingerprint density at radius 1 is 1.42 bits per heavy atom. The first kappa shape index (κ1) is 10.7. The standard InChI is InChI=1S/C8H9NO2.BH3/c10-8(11)2-1-7-3-5-9-6-4-7;/h3-6H,1-2H2,(H,10,11);1H3. The smallest absolute Gasteiger partial charge is 0.303 e. The van der Waals surface area contributed by atoms with Crippen molar-refractivity contribution < 1.29 is 9.90 Å². The van der Waals surface area contributed by atoms with Gasteiger partial charge in [0.1, 0.15) is 0 Å². The minimum absolute atomic E-state index is 0. The lowest BCUT2D eigenvalue weighted by Crippen LogP contribution is -1.96. The van der Waals surface area contributed by atoms with Crippen molar-refractivity contribution in [2.75, 3.05) is 0 Å². The summed E-state index contributed by atoms with van der Waals surface area (Å²) in [5.74, 6) is -0.762. The van der Waals surface area contributed by atoms with Crippen LogP contribution in [0, 0.1) is 0 Å². The molecule has 0 bridgehead atoms. The van der Waals surface area contributed by atoms with Crippen molar-refractivity contribution in [1.82, 2.24) is 4.98 Å². The molecule has 0 atom stereocenters. The third-order valence-electron chi connectivity index (χ3n) is 1.38. The van der Waals surface area contributed by atoms with Gasteiger partial charge in [-0.3, -0.25) is 9.78 Å². The molecule has 1 heterocycles. The molecule has 0 aliphatic heterocycles. The molecule has 0 radical (unpaired) electrons. The van der Waals surface area contributed by atoms with E-state index in [4.69, 9.17) is 5.11 Å². The number of carboxylic acid groups (broad SMARTS) is 1. The van der Waals surface area contributed by atoms with Crippen LogP contribution < -0.4 is 0 Å². The summed E-state index contributed by atoms with van der Waals surface area (Å²) in [5.41, 5.74) is 1.02. The van der Waals surface area contributed by atoms with Gasteiger partial charge in [-0.15, -0.1) is 0 Å². The molecule has 0 unspecified atom stereocenters. The van der Waals surface area contributed by atoms with E-state index in [1.54, 1.807) is 12.4 Å². The quantitative estimate of drug-likeness (QED) is 0.637. The zero-order chi connectivity index (χ0) is 8.10. The Morgan fingerprint density at radius 3 is 2.50 bits per heavy atom. The van der Waals surface area contributed by atoms with Crippen LogP contribution in [-0.2, 0) is 11.2 Å². The van der Waals surface area contributed by atoms with Gasteiger partial charge in [0, 0.05) is 18.8 Å². The highest BCUT2D eigenvalue weighted by atomic mass is 16.4. The molecule has 0 saturated carbocycles. The zero-order valence-corrected chi connectivity index (χ0v) is 6.03. The second-order valence-corrected chi connectivity index (χ2v) is 2.25. The maximum absolute atomic E-state index is 10.2. The number of rotatable bonds is 3. The highest BCUT2D eigenvalue weighted by Gasteiger charge is 1.96. The molecule has 0 spiro atoms. The van der Waals surface area contributed by atoms with Crippen molar-refractivity contribution in [2.45, 2.75) is 12.8 Å². The normalized spacial score (nSPS) is 8.67. The molecule has 1 N–H and O–H groups in total. The first-order valence-electron chi connectivity index (χ1n) is 3.40. The second kappa shape index (κ2) is 5.35. The lowest BCUT2D eigenvalue weighted by molar-refractivity contribution is -0.136. The Bertz CT molecular complexity index is 238. The highest BCUT2D eigenvalue weighted by Crippen LogP contribution is 1.99. The van der Waals surface area contributed by atoms with E-state index >= 15 is 0 Å². The van der Waals surface area contributed by atoms with E-state index in [-0.39, 0.29) is 14.8 Å². The summed E-state index contributed by atoms with van der Waals surface area (Å²) in [4.78, 5) is 14.0. The van der Waals surface area contributed by atoms with Crippen molar-refractivity contribution in [1.29, 1.82) is 0 Å². The first-order valence-corrected chi connectivity index (χ1v) is 3.40. The predicted octanol–water partition coefficient (Wildman–Crippen LogP) is -0.0851. The minimum Gasteiger partial charge on any atom is -0.481 e. The molecule has 12 heavy (non-hydrogen) atoms. The van der Waals surface area contributed by atoms with Crippen molar-refractivity contribution in [3.63, 3.8) is 0 Å². The fourth-order valence-corrected chi connectivity index (χ4v) is 0.801. The van der Waals surface area contributed by atoms with Gasteiger partial charge in [0.25, 0.3) is 0 Å². The summed E-state index contributed by atoms with van der Waals surface area (Å²) >= 11 is 0. The molecule has 1 aromatic rings. The molecule has 0 aliphatic rings. The molecule has 1 aromatic heterocycles. The van der Waals surface area contributed by atoms with Gasteiger partial charge in [-0.1, -0.05) is 0 Å². The van der Waals surface area contributed by atoms with E-state index in [1.807, 2.05) is 12.1 Å². The molecular weight excluding hydrogens is 153 g/mol. The maximum Gasteiger partial charge on any atom is 0.303 e. The number of pyridine rings is 1. The molecule has 64 valence electrons. The van der Waals surface area contributed by atoms with E-state index in [1.165, 1.54) is 0 Å². The van der Waals surface area contributed by atoms with Crippen LogP contribution >= 0.6 is 0 Å². The van der Waals surface area contributed by atoms with Crippen LogP contribution in [0.5, 0.6) is 0 Å². The molecule has 0 aliphatic carbocycles. The van der Waals surface area contributed by atoms with E-state index < -0.39 is 5.97 Å². The number of hydrogen-bond acceptors (Lipinski definition) is 2. The number of aryl methyl sites for hydroxylation is 1. The van der Waals surface area contributed by atoms with E-state index in [0.29, 0.717) is 6.42 Å². The molecule has 0 aromatic carbocycles. The Morgan fingerprint density at radius 2 is 2.00 bits per heavy atom. The Hall–Kier alpha value is -1.32. The van der Waals surface area contributed by atoms with E-state index in [2.05, 4.69) is 4.98 Å². The number of nitrogens with zero attached hydrogens (tertiary/aromatic N) is 1. The third kappa shape index (κ3) is 3.76. The van der Waals surface area contributed by atoms with Crippen LogP contribution in [-0.4, -0.2) is 24.5 Å². The number of aromatic nitrogens is 1. The molecule has 0 fully saturated rings. The monoisotopic (exact) mass is 165 g/mol. The SMILES string of the molecule is B.O=C(O)CCc1ccncc1. The maximum atomic E-state index is 10.2. The second-order valence-electron chi connectivity index (χ2n) is 2.25. The molecule has 3 nitrogen and oxygen atoms in total. The van der Waals surface area contributed by atoms with Gasteiger partial charge < -0.3 is 5.11 Å². The summed E-state index contributed by atoms with van der Waals surface area (Å²) in [7, 11) is 0. The largest absolute Gasteiger partial charge is 0.481 e. The van der Waals surface area contributed by atoms with Gasteiger partial charge >= 0.3 is 5.97 Å². The fourth-order valence-electron chi connectivity index (χ4n) is 0.801. The summed E-state index contributed by atoms with van der Waals surface area (Å²) in [6.07, 6.45) is 4.09. The highest BCUT2D eigenvalue weighted by molar-refractivity contribution is 5.75. The molecule has 4 heteroatoms. The first-order chi connectivity index (χ1) is 5.29. The van der Waals surface area contributed by atoms with Gasteiger partial charge in [0.15, 0.2) is 0 Å². The minimum atomic E-state index is -0.762. The number of carboxylic acids is 1. The van der Waals surface area contributed by atoms with Crippen molar-refractivity contribution in [3.8, 4) is 0 Å². The average Bonchev–Trinajstić information content (AvgIpc) is 2.03. The average molecular weight is 165 g/mol. The topological polar surface area (TPSA) is 50.2 Å². The number of carbonyl (C=O) groups is 1. The van der Waals surface area contributed by atoms with Gasteiger partial charge in [-0.25, -0.2) is 0 Å². The lowest BCUT2D eigenvalue weighted by atomic mass is 10.1. The summed E-state index contributed by atoms with van der Waals surface area (Å²) in [6.45, 7) is 0. The predicted molar refractivity (Wildman–Crippen MR) is 50.1 cm³/mol. The van der Waals surface area contributed by atoms with Crippen LogP contribution in [0.3, 0.4) is 0 Å². The van der Waals surface area contributed by atoms with Gasteiger partial charge in [0.05, 0.1) is 8.41 Å².